The molecule has 0 bridgehead atoms. The van der Waals surface area contributed by atoms with Crippen LogP contribution in [0.5, 0.6) is 0 Å². The average Bonchev–Trinajstić information content (AvgIpc) is 3.44. The minimum atomic E-state index is -1.77. The van der Waals surface area contributed by atoms with Gasteiger partial charge in [0.2, 0.25) is 0 Å². The summed E-state index contributed by atoms with van der Waals surface area (Å²) < 4.78 is 0. The molecule has 0 saturated heterocycles. The fourth-order valence-corrected chi connectivity index (χ4v) is 10.5. The Labute approximate surface area is 300 Å². The molecule has 0 aliphatic carbocycles. The predicted molar refractivity (Wildman–Crippen MR) is 215 cm³/mol. The van der Waals surface area contributed by atoms with E-state index in [0.29, 0.717) is 17.5 Å². The fraction of sp³-hybridized carbons (Fsp3) is 0.0426. The molecule has 1 aliphatic rings. The van der Waals surface area contributed by atoms with Crippen LogP contribution in [0.1, 0.15) is 0 Å². The van der Waals surface area contributed by atoms with E-state index < -0.39 is 8.07 Å². The van der Waals surface area contributed by atoms with E-state index in [0.717, 1.165) is 27.8 Å². The van der Waals surface area contributed by atoms with Gasteiger partial charge in [-0.15, -0.1) is 0 Å². The van der Waals surface area contributed by atoms with E-state index >= 15 is 0 Å². The third-order valence-electron chi connectivity index (χ3n) is 10.1. The van der Waals surface area contributed by atoms with Gasteiger partial charge >= 0.3 is 0 Å². The van der Waals surface area contributed by atoms with Crippen molar-refractivity contribution in [1.82, 2.24) is 15.0 Å². The summed E-state index contributed by atoms with van der Waals surface area (Å²) >= 11 is 0. The normalized spacial score (nSPS) is 12.7. The van der Waals surface area contributed by atoms with Gasteiger partial charge in [0.1, 0.15) is 8.07 Å². The van der Waals surface area contributed by atoms with Crippen LogP contribution in [0.2, 0.25) is 13.1 Å². The Balaban J connectivity index is 1.14. The van der Waals surface area contributed by atoms with Crippen molar-refractivity contribution >= 4 is 18.4 Å². The maximum Gasteiger partial charge on any atom is 0.164 e. The summed E-state index contributed by atoms with van der Waals surface area (Å²) in [6, 6.07) is 62.5. The third kappa shape index (κ3) is 5.70. The van der Waals surface area contributed by atoms with Crippen LogP contribution < -0.4 is 10.4 Å². The molecule has 7 aromatic carbocycles. The number of hydrogen-bond acceptors (Lipinski definition) is 3. The van der Waals surface area contributed by atoms with Gasteiger partial charge in [0.05, 0.1) is 0 Å². The molecule has 242 valence electrons. The van der Waals surface area contributed by atoms with Crippen LogP contribution in [0.4, 0.5) is 0 Å². The second-order valence-corrected chi connectivity index (χ2v) is 18.0. The topological polar surface area (TPSA) is 38.7 Å². The number of nitrogens with zero attached hydrogens (tertiary/aromatic N) is 3. The number of rotatable bonds is 6. The van der Waals surface area contributed by atoms with Gasteiger partial charge in [-0.2, -0.15) is 0 Å². The lowest BCUT2D eigenvalue weighted by molar-refractivity contribution is 1.07. The van der Waals surface area contributed by atoms with Gasteiger partial charge in [0.15, 0.2) is 17.5 Å². The molecule has 0 atom stereocenters. The van der Waals surface area contributed by atoms with Gasteiger partial charge in [-0.3, -0.25) is 0 Å². The zero-order valence-electron chi connectivity index (χ0n) is 28.6. The zero-order valence-corrected chi connectivity index (χ0v) is 29.6. The Morgan fingerprint density at radius 3 is 1.22 bits per heavy atom. The average molecular weight is 670 g/mol. The lowest BCUT2D eigenvalue weighted by atomic mass is 9.93. The molecule has 3 nitrogen and oxygen atoms in total. The lowest BCUT2D eigenvalue weighted by Crippen LogP contribution is -2.49. The SMILES string of the molecule is C[Si]1(C)c2ccccc2-c2cc(-c3nc(-c4ccccc4)nc(-c4ccc(-c5cc(-c6ccccc6)cc(-c6ccccc6)c5)cc4)n3)ccc21. The zero-order chi connectivity index (χ0) is 34.4. The van der Waals surface area contributed by atoms with Crippen LogP contribution in [-0.2, 0) is 0 Å². The van der Waals surface area contributed by atoms with Crippen molar-refractivity contribution in [2.24, 2.45) is 0 Å². The van der Waals surface area contributed by atoms with Crippen LogP contribution in [0, 0.1) is 0 Å². The van der Waals surface area contributed by atoms with E-state index in [1.54, 1.807) is 0 Å². The number of fused-ring (bicyclic) bond motifs is 3. The Morgan fingerprint density at radius 1 is 0.294 bits per heavy atom. The Morgan fingerprint density at radius 2 is 0.667 bits per heavy atom. The van der Waals surface area contributed by atoms with Crippen molar-refractivity contribution in [3.05, 3.63) is 176 Å². The van der Waals surface area contributed by atoms with Gasteiger partial charge in [-0.05, 0) is 79.1 Å². The molecular weight excluding hydrogens is 635 g/mol. The molecule has 1 aromatic heterocycles. The van der Waals surface area contributed by atoms with Crippen molar-refractivity contribution in [2.45, 2.75) is 13.1 Å². The molecule has 51 heavy (non-hydrogen) atoms. The van der Waals surface area contributed by atoms with E-state index in [1.165, 1.54) is 43.8 Å². The third-order valence-corrected chi connectivity index (χ3v) is 13.7. The Bertz CT molecular complexity index is 2470. The minimum Gasteiger partial charge on any atom is -0.208 e. The molecule has 0 amide bonds. The van der Waals surface area contributed by atoms with Gasteiger partial charge in [0, 0.05) is 16.7 Å². The summed E-state index contributed by atoms with van der Waals surface area (Å²) in [5.41, 5.74) is 12.6. The van der Waals surface area contributed by atoms with Crippen molar-refractivity contribution in [2.75, 3.05) is 0 Å². The highest BCUT2D eigenvalue weighted by atomic mass is 28.3. The second-order valence-electron chi connectivity index (χ2n) is 13.7. The molecular formula is C47H35N3Si. The number of benzene rings is 7. The second kappa shape index (κ2) is 12.6. The highest BCUT2D eigenvalue weighted by Crippen LogP contribution is 2.35. The quantitative estimate of drug-likeness (QED) is 0.165. The Kier molecular flexibility index (Phi) is 7.60. The van der Waals surface area contributed by atoms with Crippen molar-refractivity contribution in [3.8, 4) is 78.7 Å². The van der Waals surface area contributed by atoms with Crippen LogP contribution >= 0.6 is 0 Å². The summed E-state index contributed by atoms with van der Waals surface area (Å²) in [6.07, 6.45) is 0. The fourth-order valence-electron chi connectivity index (χ4n) is 7.41. The maximum absolute atomic E-state index is 5.12. The molecule has 0 spiro atoms. The summed E-state index contributed by atoms with van der Waals surface area (Å²) in [5, 5.41) is 2.95. The van der Waals surface area contributed by atoms with Gasteiger partial charge < -0.3 is 0 Å². The molecule has 0 saturated carbocycles. The van der Waals surface area contributed by atoms with E-state index in [9.17, 15) is 0 Å². The van der Waals surface area contributed by atoms with Gasteiger partial charge in [-0.1, -0.05) is 165 Å². The summed E-state index contributed by atoms with van der Waals surface area (Å²) in [6.45, 7) is 4.88. The van der Waals surface area contributed by atoms with Crippen molar-refractivity contribution < 1.29 is 0 Å². The predicted octanol–water partition coefficient (Wildman–Crippen LogP) is 10.7. The van der Waals surface area contributed by atoms with Crippen LogP contribution in [0.3, 0.4) is 0 Å². The highest BCUT2D eigenvalue weighted by molar-refractivity contribution is 7.03. The molecule has 0 fully saturated rings. The first-order valence-electron chi connectivity index (χ1n) is 17.4. The maximum atomic E-state index is 5.12. The van der Waals surface area contributed by atoms with E-state index in [-0.39, 0.29) is 0 Å². The van der Waals surface area contributed by atoms with E-state index in [2.05, 4.69) is 171 Å². The number of aromatic nitrogens is 3. The molecule has 0 unspecified atom stereocenters. The van der Waals surface area contributed by atoms with Crippen molar-refractivity contribution in [3.63, 3.8) is 0 Å². The molecule has 2 heterocycles. The van der Waals surface area contributed by atoms with E-state index in [4.69, 9.17) is 15.0 Å². The summed E-state index contributed by atoms with van der Waals surface area (Å²) in [5.74, 6) is 2.00. The van der Waals surface area contributed by atoms with Gasteiger partial charge in [-0.25, -0.2) is 15.0 Å². The summed E-state index contributed by atoms with van der Waals surface area (Å²) in [4.78, 5) is 15.2. The first-order valence-corrected chi connectivity index (χ1v) is 20.4. The molecule has 0 radical (unpaired) electrons. The minimum absolute atomic E-state index is 0.656. The van der Waals surface area contributed by atoms with Crippen molar-refractivity contribution in [1.29, 1.82) is 0 Å². The number of hydrogen-bond donors (Lipinski definition) is 0. The standard InChI is InChI=1S/C47H35N3Si/c1-51(2)43-21-13-12-20-41(43)42-31-37(26-27-44(42)51)47-49-45(35-18-10-5-11-19-35)48-46(50-47)36-24-22-34(23-25-36)40-29-38(32-14-6-3-7-15-32)28-39(30-40)33-16-8-4-9-17-33/h3-31H,1-2H3. The van der Waals surface area contributed by atoms with Crippen LogP contribution in [-0.4, -0.2) is 23.0 Å². The smallest absolute Gasteiger partial charge is 0.164 e. The largest absolute Gasteiger partial charge is 0.208 e. The molecule has 8 aromatic rings. The van der Waals surface area contributed by atoms with E-state index in [1.807, 2.05) is 18.2 Å². The Hall–Kier alpha value is -6.23. The first kappa shape index (κ1) is 30.8. The van der Waals surface area contributed by atoms with Gasteiger partial charge in [0.25, 0.3) is 0 Å². The molecule has 0 N–H and O–H groups in total. The molecule has 9 rings (SSSR count). The monoisotopic (exact) mass is 669 g/mol. The summed E-state index contributed by atoms with van der Waals surface area (Å²) in [7, 11) is -1.77. The first-order chi connectivity index (χ1) is 25.0. The van der Waals surface area contributed by atoms with Crippen LogP contribution in [0.25, 0.3) is 78.7 Å². The molecule has 1 aliphatic heterocycles. The molecule has 4 heteroatoms. The van der Waals surface area contributed by atoms with Crippen LogP contribution in [0.15, 0.2) is 176 Å². The lowest BCUT2D eigenvalue weighted by Gasteiger charge is -2.18. The highest BCUT2D eigenvalue weighted by Gasteiger charge is 2.37.